The van der Waals surface area contributed by atoms with Crippen molar-refractivity contribution < 1.29 is 14.3 Å². The molecule has 0 radical (unpaired) electrons. The van der Waals surface area contributed by atoms with Crippen LogP contribution in [-0.4, -0.2) is 25.5 Å². The number of amides is 1. The van der Waals surface area contributed by atoms with E-state index in [1.807, 2.05) is 30.3 Å². The quantitative estimate of drug-likeness (QED) is 0.538. The van der Waals surface area contributed by atoms with E-state index < -0.39 is 0 Å². The molecule has 21 heavy (non-hydrogen) atoms. The van der Waals surface area contributed by atoms with Gasteiger partial charge in [-0.15, -0.1) is 0 Å². The maximum Gasteiger partial charge on any atom is 0.305 e. The summed E-state index contributed by atoms with van der Waals surface area (Å²) in [6.07, 6.45) is 3.24. The van der Waals surface area contributed by atoms with Gasteiger partial charge in [0.25, 0.3) is 0 Å². The summed E-state index contributed by atoms with van der Waals surface area (Å²) in [6.45, 7) is 0.613. The molecule has 0 aliphatic carbocycles. The Balaban J connectivity index is 2.10. The molecule has 116 valence electrons. The van der Waals surface area contributed by atoms with E-state index in [1.165, 1.54) is 7.11 Å². The van der Waals surface area contributed by atoms with Gasteiger partial charge in [0.1, 0.15) is 0 Å². The minimum atomic E-state index is -0.273. The fraction of sp³-hybridized carbons (Fsp3) is 0.500. The maximum absolute atomic E-state index is 11.7. The largest absolute Gasteiger partial charge is 0.469 e. The summed E-state index contributed by atoms with van der Waals surface area (Å²) >= 11 is 0. The predicted molar refractivity (Wildman–Crippen MR) is 81.5 cm³/mol. The van der Waals surface area contributed by atoms with E-state index in [1.54, 1.807) is 0 Å². The van der Waals surface area contributed by atoms with E-state index in [4.69, 9.17) is 5.73 Å². The number of nitrogens with two attached hydrogens (primary N) is 1. The highest BCUT2D eigenvalue weighted by Crippen LogP contribution is 2.12. The van der Waals surface area contributed by atoms with Gasteiger partial charge in [-0.2, -0.15) is 0 Å². The fourth-order valence-corrected chi connectivity index (χ4v) is 1.99. The molecule has 0 aliphatic rings. The zero-order valence-corrected chi connectivity index (χ0v) is 12.5. The third-order valence-corrected chi connectivity index (χ3v) is 3.24. The SMILES string of the molecule is COC(=O)CCCCCNC(=O)CC(N)c1ccccc1. The third-order valence-electron chi connectivity index (χ3n) is 3.24. The van der Waals surface area contributed by atoms with Crippen LogP contribution in [0.1, 0.15) is 43.7 Å². The Bertz CT molecular complexity index is 434. The number of esters is 1. The highest BCUT2D eigenvalue weighted by Gasteiger charge is 2.10. The number of ether oxygens (including phenoxy) is 1. The number of nitrogens with one attached hydrogen (secondary N) is 1. The summed E-state index contributed by atoms with van der Waals surface area (Å²) in [6, 6.07) is 9.31. The van der Waals surface area contributed by atoms with Gasteiger partial charge in [0.15, 0.2) is 0 Å². The van der Waals surface area contributed by atoms with Gasteiger partial charge >= 0.3 is 5.97 Å². The van der Waals surface area contributed by atoms with Crippen molar-refractivity contribution in [1.29, 1.82) is 0 Å². The summed E-state index contributed by atoms with van der Waals surface area (Å²) in [5.74, 6) is -0.229. The lowest BCUT2D eigenvalue weighted by molar-refractivity contribution is -0.140. The lowest BCUT2D eigenvalue weighted by Gasteiger charge is -2.12. The van der Waals surface area contributed by atoms with Crippen LogP contribution in [0.3, 0.4) is 0 Å². The van der Waals surface area contributed by atoms with Crippen LogP contribution in [0, 0.1) is 0 Å². The summed E-state index contributed by atoms with van der Waals surface area (Å²) in [5, 5.41) is 2.85. The van der Waals surface area contributed by atoms with Crippen molar-refractivity contribution >= 4 is 11.9 Å². The molecule has 1 unspecified atom stereocenters. The molecule has 3 N–H and O–H groups in total. The number of methoxy groups -OCH3 is 1. The van der Waals surface area contributed by atoms with E-state index in [2.05, 4.69) is 10.1 Å². The first-order chi connectivity index (χ1) is 10.1. The molecule has 5 nitrogen and oxygen atoms in total. The summed E-state index contributed by atoms with van der Waals surface area (Å²) in [7, 11) is 1.39. The van der Waals surface area contributed by atoms with Gasteiger partial charge in [0.2, 0.25) is 5.91 Å². The van der Waals surface area contributed by atoms with Crippen LogP contribution in [0.15, 0.2) is 30.3 Å². The normalized spacial score (nSPS) is 11.7. The smallest absolute Gasteiger partial charge is 0.305 e. The summed E-state index contributed by atoms with van der Waals surface area (Å²) in [4.78, 5) is 22.7. The Kier molecular flexibility index (Phi) is 8.12. The van der Waals surface area contributed by atoms with Crippen molar-refractivity contribution in [1.82, 2.24) is 5.32 Å². The van der Waals surface area contributed by atoms with Crippen LogP contribution in [0.4, 0.5) is 0 Å². The average molecular weight is 292 g/mol. The second-order valence-electron chi connectivity index (χ2n) is 4.96. The molecule has 5 heteroatoms. The van der Waals surface area contributed by atoms with Gasteiger partial charge in [-0.3, -0.25) is 9.59 Å². The first-order valence-corrected chi connectivity index (χ1v) is 7.27. The highest BCUT2D eigenvalue weighted by atomic mass is 16.5. The van der Waals surface area contributed by atoms with E-state index in [0.29, 0.717) is 13.0 Å². The van der Waals surface area contributed by atoms with Gasteiger partial charge in [-0.1, -0.05) is 36.8 Å². The number of carbonyl (C=O) groups excluding carboxylic acids is 2. The molecule has 0 aliphatic heterocycles. The Labute approximate surface area is 125 Å². The zero-order valence-electron chi connectivity index (χ0n) is 12.5. The van der Waals surface area contributed by atoms with Crippen LogP contribution in [0.5, 0.6) is 0 Å². The van der Waals surface area contributed by atoms with E-state index in [9.17, 15) is 9.59 Å². The number of carbonyl (C=O) groups is 2. The van der Waals surface area contributed by atoms with Crippen LogP contribution < -0.4 is 11.1 Å². The first-order valence-electron chi connectivity index (χ1n) is 7.27. The van der Waals surface area contributed by atoms with Gasteiger partial charge < -0.3 is 15.8 Å². The van der Waals surface area contributed by atoms with E-state index in [0.717, 1.165) is 24.8 Å². The van der Waals surface area contributed by atoms with Crippen LogP contribution in [-0.2, 0) is 14.3 Å². The van der Waals surface area contributed by atoms with E-state index in [-0.39, 0.29) is 24.3 Å². The molecule has 0 saturated carbocycles. The van der Waals surface area contributed by atoms with Gasteiger partial charge in [-0.25, -0.2) is 0 Å². The van der Waals surface area contributed by atoms with Gasteiger partial charge in [0.05, 0.1) is 7.11 Å². The number of hydrogen-bond donors (Lipinski definition) is 2. The van der Waals surface area contributed by atoms with Crippen molar-refractivity contribution in [2.75, 3.05) is 13.7 Å². The van der Waals surface area contributed by atoms with Crippen molar-refractivity contribution in [3.63, 3.8) is 0 Å². The van der Waals surface area contributed by atoms with E-state index >= 15 is 0 Å². The zero-order chi connectivity index (χ0) is 15.5. The molecule has 1 amide bonds. The molecule has 1 rings (SSSR count). The molecule has 1 aromatic carbocycles. The molecule has 0 heterocycles. The topological polar surface area (TPSA) is 81.4 Å². The lowest BCUT2D eigenvalue weighted by Crippen LogP contribution is -2.28. The second-order valence-corrected chi connectivity index (χ2v) is 4.96. The number of rotatable bonds is 9. The number of benzene rings is 1. The Hall–Kier alpha value is -1.88. The molecule has 0 bridgehead atoms. The molecular formula is C16H24N2O3. The molecule has 0 saturated heterocycles. The van der Waals surface area contributed by atoms with Crippen molar-refractivity contribution in [3.8, 4) is 0 Å². The Morgan fingerprint density at radius 3 is 2.57 bits per heavy atom. The molecular weight excluding hydrogens is 268 g/mol. The highest BCUT2D eigenvalue weighted by molar-refractivity contribution is 5.76. The van der Waals surface area contributed by atoms with Crippen LogP contribution in [0.25, 0.3) is 0 Å². The van der Waals surface area contributed by atoms with Crippen LogP contribution >= 0.6 is 0 Å². The predicted octanol–water partition coefficient (Wildman–Crippen LogP) is 1.93. The number of hydrogen-bond acceptors (Lipinski definition) is 4. The molecule has 0 aromatic heterocycles. The van der Waals surface area contributed by atoms with Crippen molar-refractivity contribution in [2.24, 2.45) is 5.73 Å². The van der Waals surface area contributed by atoms with Crippen molar-refractivity contribution in [3.05, 3.63) is 35.9 Å². The molecule has 0 fully saturated rings. The fourth-order valence-electron chi connectivity index (χ4n) is 1.99. The summed E-state index contributed by atoms with van der Waals surface area (Å²) in [5.41, 5.74) is 6.95. The number of unbranched alkanes of at least 4 members (excludes halogenated alkanes) is 2. The minimum absolute atomic E-state index is 0.0423. The molecule has 1 aromatic rings. The lowest BCUT2D eigenvalue weighted by atomic mass is 10.0. The van der Waals surface area contributed by atoms with Crippen LogP contribution in [0.2, 0.25) is 0 Å². The first kappa shape index (κ1) is 17.2. The van der Waals surface area contributed by atoms with Gasteiger partial charge in [-0.05, 0) is 18.4 Å². The van der Waals surface area contributed by atoms with Crippen molar-refractivity contribution in [2.45, 2.75) is 38.1 Å². The monoisotopic (exact) mass is 292 g/mol. The molecule has 1 atom stereocenters. The Morgan fingerprint density at radius 2 is 1.90 bits per heavy atom. The minimum Gasteiger partial charge on any atom is -0.469 e. The maximum atomic E-state index is 11.7. The Morgan fingerprint density at radius 1 is 1.19 bits per heavy atom. The molecule has 0 spiro atoms. The van der Waals surface area contributed by atoms with Gasteiger partial charge in [0, 0.05) is 25.4 Å². The third kappa shape index (κ3) is 7.46. The average Bonchev–Trinajstić information content (AvgIpc) is 2.51. The standard InChI is InChI=1S/C16H24N2O3/c1-21-16(20)10-6-3-7-11-18-15(19)12-14(17)13-8-4-2-5-9-13/h2,4-5,8-9,14H,3,6-7,10-12,17H2,1H3,(H,18,19). The summed E-state index contributed by atoms with van der Waals surface area (Å²) < 4.78 is 4.56. The second kappa shape index (κ2) is 9.94.